The van der Waals surface area contributed by atoms with Crippen LogP contribution in [0.15, 0.2) is 24.3 Å². The maximum atomic E-state index is 12.9. The molecular weight excluding hydrogens is 185 g/mol. The van der Waals surface area contributed by atoms with Gasteiger partial charge >= 0.3 is 6.09 Å². The van der Waals surface area contributed by atoms with Crippen LogP contribution in [-0.2, 0) is 10.3 Å². The molecule has 1 amide bonds. The lowest BCUT2D eigenvalue weighted by atomic mass is 9.96. The predicted molar refractivity (Wildman–Crippen MR) is 48.2 cm³/mol. The molecule has 1 aromatic carbocycles. The zero-order valence-corrected chi connectivity index (χ0v) is 7.71. The average Bonchev–Trinajstić information content (AvgIpc) is 2.48. The number of carbonyl (C=O) groups is 1. The molecule has 1 saturated heterocycles. The van der Waals surface area contributed by atoms with E-state index in [1.807, 2.05) is 0 Å². The molecule has 1 N–H and O–H groups in total. The molecular formula is C10H10FNO2. The van der Waals surface area contributed by atoms with Gasteiger partial charge in [0.2, 0.25) is 0 Å². The molecule has 1 atom stereocenters. The lowest BCUT2D eigenvalue weighted by Crippen LogP contribution is -2.26. The molecule has 0 saturated carbocycles. The van der Waals surface area contributed by atoms with Crippen molar-refractivity contribution in [3.8, 4) is 0 Å². The van der Waals surface area contributed by atoms with Gasteiger partial charge in [-0.15, -0.1) is 0 Å². The number of amides is 1. The number of nitrogens with one attached hydrogen (secondary N) is 1. The molecule has 1 aromatic rings. The molecule has 0 aliphatic carbocycles. The largest absolute Gasteiger partial charge is 0.436 e. The molecule has 1 unspecified atom stereocenters. The molecule has 74 valence electrons. The summed E-state index contributed by atoms with van der Waals surface area (Å²) in [6.07, 6.45) is -0.461. The van der Waals surface area contributed by atoms with Gasteiger partial charge in [0, 0.05) is 0 Å². The van der Waals surface area contributed by atoms with Crippen molar-refractivity contribution in [2.45, 2.75) is 12.5 Å². The lowest BCUT2D eigenvalue weighted by molar-refractivity contribution is 0.0702. The first kappa shape index (κ1) is 8.99. The van der Waals surface area contributed by atoms with Crippen LogP contribution in [0.4, 0.5) is 9.18 Å². The minimum atomic E-state index is -0.751. The van der Waals surface area contributed by atoms with Gasteiger partial charge in [-0.3, -0.25) is 0 Å². The highest BCUT2D eigenvalue weighted by Gasteiger charge is 2.37. The van der Waals surface area contributed by atoms with Gasteiger partial charge in [-0.05, 0) is 24.6 Å². The molecule has 3 nitrogen and oxygen atoms in total. The fourth-order valence-corrected chi connectivity index (χ4v) is 1.50. The highest BCUT2D eigenvalue weighted by Crippen LogP contribution is 2.28. The standard InChI is InChI=1S/C10H10FNO2/c1-10(6-12-9(13)14-10)7-3-2-4-8(11)5-7/h2-5H,6H2,1H3,(H,12,13). The summed E-state index contributed by atoms with van der Waals surface area (Å²) in [6, 6.07) is 6.07. The molecule has 0 aromatic heterocycles. The van der Waals surface area contributed by atoms with Gasteiger partial charge < -0.3 is 10.1 Å². The Morgan fingerprint density at radius 3 is 2.93 bits per heavy atom. The summed E-state index contributed by atoms with van der Waals surface area (Å²) in [6.45, 7) is 2.12. The third-order valence-electron chi connectivity index (χ3n) is 2.32. The molecule has 2 rings (SSSR count). The summed E-state index contributed by atoms with van der Waals surface area (Å²) in [4.78, 5) is 10.9. The second-order valence-electron chi connectivity index (χ2n) is 3.48. The minimum Gasteiger partial charge on any atom is -0.436 e. The number of hydrogen-bond donors (Lipinski definition) is 1. The highest BCUT2D eigenvalue weighted by atomic mass is 19.1. The quantitative estimate of drug-likeness (QED) is 0.741. The van der Waals surface area contributed by atoms with Gasteiger partial charge in [-0.25, -0.2) is 9.18 Å². The highest BCUT2D eigenvalue weighted by molar-refractivity contribution is 5.70. The Hall–Kier alpha value is -1.58. The third kappa shape index (κ3) is 1.43. The molecule has 1 fully saturated rings. The Morgan fingerprint density at radius 1 is 1.57 bits per heavy atom. The second kappa shape index (κ2) is 2.97. The van der Waals surface area contributed by atoms with Gasteiger partial charge in [0.1, 0.15) is 5.82 Å². The van der Waals surface area contributed by atoms with Crippen molar-refractivity contribution in [1.82, 2.24) is 5.32 Å². The first-order valence-electron chi connectivity index (χ1n) is 4.33. The Balaban J connectivity index is 2.34. The number of cyclic esters (lactones) is 1. The van der Waals surface area contributed by atoms with E-state index in [0.717, 1.165) is 0 Å². The van der Waals surface area contributed by atoms with Gasteiger partial charge in [-0.2, -0.15) is 0 Å². The van der Waals surface area contributed by atoms with Crippen LogP contribution < -0.4 is 5.32 Å². The van der Waals surface area contributed by atoms with Crippen LogP contribution in [0, 0.1) is 5.82 Å². The van der Waals surface area contributed by atoms with E-state index in [9.17, 15) is 9.18 Å². The van der Waals surface area contributed by atoms with Gasteiger partial charge in [0.05, 0.1) is 6.54 Å². The van der Waals surface area contributed by atoms with Crippen molar-refractivity contribution < 1.29 is 13.9 Å². The van der Waals surface area contributed by atoms with Gasteiger partial charge in [0.25, 0.3) is 0 Å². The molecule has 0 spiro atoms. The Labute approximate surface area is 80.9 Å². The monoisotopic (exact) mass is 195 g/mol. The molecule has 14 heavy (non-hydrogen) atoms. The molecule has 1 aliphatic heterocycles. The second-order valence-corrected chi connectivity index (χ2v) is 3.48. The Morgan fingerprint density at radius 2 is 2.36 bits per heavy atom. The van der Waals surface area contributed by atoms with Crippen LogP contribution in [0.5, 0.6) is 0 Å². The first-order chi connectivity index (χ1) is 6.60. The van der Waals surface area contributed by atoms with Crippen LogP contribution in [0.2, 0.25) is 0 Å². The predicted octanol–water partition coefficient (Wildman–Crippen LogP) is 1.78. The number of ether oxygens (including phenoxy) is 1. The van der Waals surface area contributed by atoms with E-state index < -0.39 is 11.7 Å². The smallest absolute Gasteiger partial charge is 0.408 e. The summed E-state index contributed by atoms with van der Waals surface area (Å²) < 4.78 is 18.0. The number of carbonyl (C=O) groups excluding carboxylic acids is 1. The first-order valence-corrected chi connectivity index (χ1v) is 4.33. The van der Waals surface area contributed by atoms with E-state index in [1.54, 1.807) is 19.1 Å². The number of alkyl carbamates (subject to hydrolysis) is 1. The number of rotatable bonds is 1. The number of hydrogen-bond acceptors (Lipinski definition) is 2. The number of halogens is 1. The minimum absolute atomic E-state index is 0.327. The fourth-order valence-electron chi connectivity index (χ4n) is 1.50. The third-order valence-corrected chi connectivity index (χ3v) is 2.32. The van der Waals surface area contributed by atoms with E-state index in [1.165, 1.54) is 12.1 Å². The van der Waals surface area contributed by atoms with E-state index in [2.05, 4.69) is 5.32 Å². The molecule has 0 radical (unpaired) electrons. The fraction of sp³-hybridized carbons (Fsp3) is 0.300. The summed E-state index contributed by atoms with van der Waals surface area (Å²) in [5.74, 6) is -0.327. The van der Waals surface area contributed by atoms with Crippen LogP contribution >= 0.6 is 0 Å². The van der Waals surface area contributed by atoms with Crippen LogP contribution in [0.25, 0.3) is 0 Å². The van der Waals surface area contributed by atoms with Crippen LogP contribution in [-0.4, -0.2) is 12.6 Å². The maximum absolute atomic E-state index is 12.9. The van der Waals surface area contributed by atoms with Crippen molar-refractivity contribution in [1.29, 1.82) is 0 Å². The Bertz CT molecular complexity index is 380. The van der Waals surface area contributed by atoms with Gasteiger partial charge in [-0.1, -0.05) is 12.1 Å². The Kier molecular flexibility index (Phi) is 1.91. The normalized spacial score (nSPS) is 25.7. The zero-order valence-electron chi connectivity index (χ0n) is 7.71. The average molecular weight is 195 g/mol. The zero-order chi connectivity index (χ0) is 10.2. The topological polar surface area (TPSA) is 38.3 Å². The molecule has 1 aliphatic rings. The lowest BCUT2D eigenvalue weighted by Gasteiger charge is -2.21. The van der Waals surface area contributed by atoms with Crippen molar-refractivity contribution in [3.63, 3.8) is 0 Å². The van der Waals surface area contributed by atoms with E-state index in [0.29, 0.717) is 12.1 Å². The van der Waals surface area contributed by atoms with Crippen LogP contribution in [0.3, 0.4) is 0 Å². The van der Waals surface area contributed by atoms with Gasteiger partial charge in [0.15, 0.2) is 5.60 Å². The van der Waals surface area contributed by atoms with E-state index in [-0.39, 0.29) is 5.82 Å². The molecule has 0 bridgehead atoms. The summed E-state index contributed by atoms with van der Waals surface area (Å²) >= 11 is 0. The maximum Gasteiger partial charge on any atom is 0.408 e. The van der Waals surface area contributed by atoms with Crippen LogP contribution in [0.1, 0.15) is 12.5 Å². The van der Waals surface area contributed by atoms with Crippen molar-refractivity contribution >= 4 is 6.09 Å². The van der Waals surface area contributed by atoms with Crippen molar-refractivity contribution in [2.24, 2.45) is 0 Å². The van der Waals surface area contributed by atoms with E-state index in [4.69, 9.17) is 4.74 Å². The molecule has 1 heterocycles. The van der Waals surface area contributed by atoms with Crippen molar-refractivity contribution in [3.05, 3.63) is 35.6 Å². The van der Waals surface area contributed by atoms with Crippen molar-refractivity contribution in [2.75, 3.05) is 6.54 Å². The molecule has 4 heteroatoms. The number of benzene rings is 1. The van der Waals surface area contributed by atoms with E-state index >= 15 is 0 Å². The summed E-state index contributed by atoms with van der Waals surface area (Å²) in [5.41, 5.74) is -0.0880. The SMILES string of the molecule is CC1(c2cccc(F)c2)CNC(=O)O1. The summed E-state index contributed by atoms with van der Waals surface area (Å²) in [7, 11) is 0. The summed E-state index contributed by atoms with van der Waals surface area (Å²) in [5, 5.41) is 2.54.